The van der Waals surface area contributed by atoms with Gasteiger partial charge in [-0.3, -0.25) is 0 Å². The van der Waals surface area contributed by atoms with Crippen LogP contribution in [0.25, 0.3) is 23.1 Å². The van der Waals surface area contributed by atoms with Gasteiger partial charge in [0.15, 0.2) is 17.5 Å². The standard InChI is InChI=1S/C22H24F2N4/c1-3-28(4-2)14-13-25-22-17-7-5-6-8-20(17)26-21(27-22)12-10-16-9-11-18(23)19(24)15-16/h5-12,15H,3-4,13-14H2,1-2H3,(H,25,26,27). The molecule has 3 rings (SSSR count). The molecule has 0 fully saturated rings. The van der Waals surface area contributed by atoms with E-state index in [1.165, 1.54) is 6.07 Å². The van der Waals surface area contributed by atoms with Crippen molar-refractivity contribution in [2.45, 2.75) is 13.8 Å². The van der Waals surface area contributed by atoms with Crippen LogP contribution in [0.4, 0.5) is 14.6 Å². The van der Waals surface area contributed by atoms with Gasteiger partial charge in [0.2, 0.25) is 0 Å². The molecule has 0 spiro atoms. The number of para-hydroxylation sites is 1. The van der Waals surface area contributed by atoms with Crippen molar-refractivity contribution in [1.82, 2.24) is 14.9 Å². The molecule has 1 N–H and O–H groups in total. The fourth-order valence-corrected chi connectivity index (χ4v) is 2.96. The number of rotatable bonds is 8. The summed E-state index contributed by atoms with van der Waals surface area (Å²) in [7, 11) is 0. The highest BCUT2D eigenvalue weighted by Crippen LogP contribution is 2.21. The average Bonchev–Trinajstić information content (AvgIpc) is 2.72. The molecule has 0 unspecified atom stereocenters. The first-order valence-corrected chi connectivity index (χ1v) is 9.46. The predicted octanol–water partition coefficient (Wildman–Crippen LogP) is 4.83. The smallest absolute Gasteiger partial charge is 0.159 e. The van der Waals surface area contributed by atoms with Crippen LogP contribution in [0.3, 0.4) is 0 Å². The Morgan fingerprint density at radius 1 is 0.964 bits per heavy atom. The van der Waals surface area contributed by atoms with Crippen LogP contribution in [0, 0.1) is 11.6 Å². The molecule has 28 heavy (non-hydrogen) atoms. The van der Waals surface area contributed by atoms with Crippen LogP contribution in [-0.4, -0.2) is 41.0 Å². The quantitative estimate of drug-likeness (QED) is 0.606. The van der Waals surface area contributed by atoms with E-state index in [1.807, 2.05) is 24.3 Å². The van der Waals surface area contributed by atoms with Gasteiger partial charge >= 0.3 is 0 Å². The molecule has 0 saturated carbocycles. The SMILES string of the molecule is CCN(CC)CCNc1nc(C=Cc2ccc(F)c(F)c2)nc2ccccc12. The Labute approximate surface area is 163 Å². The third-order valence-electron chi connectivity index (χ3n) is 4.60. The van der Waals surface area contributed by atoms with Crippen molar-refractivity contribution < 1.29 is 8.78 Å². The number of benzene rings is 2. The molecule has 0 atom stereocenters. The molecule has 6 heteroatoms. The van der Waals surface area contributed by atoms with Crippen LogP contribution in [-0.2, 0) is 0 Å². The van der Waals surface area contributed by atoms with E-state index < -0.39 is 11.6 Å². The number of likely N-dealkylation sites (N-methyl/N-ethyl adjacent to an activating group) is 1. The van der Waals surface area contributed by atoms with Gasteiger partial charge in [0.05, 0.1) is 5.52 Å². The fraction of sp³-hybridized carbons (Fsp3) is 0.273. The number of hydrogen-bond donors (Lipinski definition) is 1. The van der Waals surface area contributed by atoms with Crippen LogP contribution in [0.15, 0.2) is 42.5 Å². The molecule has 0 bridgehead atoms. The first-order valence-electron chi connectivity index (χ1n) is 9.46. The molecule has 0 saturated heterocycles. The third-order valence-corrected chi connectivity index (χ3v) is 4.60. The largest absolute Gasteiger partial charge is 0.368 e. The molecule has 146 valence electrons. The summed E-state index contributed by atoms with van der Waals surface area (Å²) in [6, 6.07) is 11.6. The van der Waals surface area contributed by atoms with E-state index in [0.29, 0.717) is 11.4 Å². The van der Waals surface area contributed by atoms with E-state index in [2.05, 4.69) is 34.0 Å². The number of hydrogen-bond acceptors (Lipinski definition) is 4. The van der Waals surface area contributed by atoms with Crippen LogP contribution in [0.2, 0.25) is 0 Å². The molecule has 1 heterocycles. The van der Waals surface area contributed by atoms with Gasteiger partial charge in [0.1, 0.15) is 5.82 Å². The Bertz CT molecular complexity index is 968. The molecule has 4 nitrogen and oxygen atoms in total. The van der Waals surface area contributed by atoms with Gasteiger partial charge in [-0.15, -0.1) is 0 Å². The lowest BCUT2D eigenvalue weighted by atomic mass is 10.2. The number of nitrogens with zero attached hydrogens (tertiary/aromatic N) is 3. The number of nitrogens with one attached hydrogen (secondary N) is 1. The highest BCUT2D eigenvalue weighted by molar-refractivity contribution is 5.90. The molecular weight excluding hydrogens is 358 g/mol. The van der Waals surface area contributed by atoms with Crippen LogP contribution in [0.1, 0.15) is 25.2 Å². The van der Waals surface area contributed by atoms with E-state index in [9.17, 15) is 8.78 Å². The Kier molecular flexibility index (Phi) is 6.66. The Hall–Kier alpha value is -2.86. The maximum atomic E-state index is 13.4. The second-order valence-electron chi connectivity index (χ2n) is 6.41. The van der Waals surface area contributed by atoms with Crippen molar-refractivity contribution >= 4 is 28.9 Å². The first kappa shape index (κ1) is 19.9. The lowest BCUT2D eigenvalue weighted by Gasteiger charge is -2.18. The Morgan fingerprint density at radius 2 is 1.75 bits per heavy atom. The highest BCUT2D eigenvalue weighted by atomic mass is 19.2. The van der Waals surface area contributed by atoms with Crippen molar-refractivity contribution in [3.05, 3.63) is 65.5 Å². The summed E-state index contributed by atoms with van der Waals surface area (Å²) in [6.07, 6.45) is 3.38. The van der Waals surface area contributed by atoms with Crippen molar-refractivity contribution in [2.75, 3.05) is 31.5 Å². The maximum absolute atomic E-state index is 13.4. The zero-order valence-electron chi connectivity index (χ0n) is 16.1. The third kappa shape index (κ3) is 4.89. The monoisotopic (exact) mass is 382 g/mol. The maximum Gasteiger partial charge on any atom is 0.159 e. The van der Waals surface area contributed by atoms with Gasteiger partial charge in [-0.05, 0) is 49.0 Å². The van der Waals surface area contributed by atoms with Crippen molar-refractivity contribution in [2.24, 2.45) is 0 Å². The van der Waals surface area contributed by atoms with Crippen LogP contribution < -0.4 is 5.32 Å². The van der Waals surface area contributed by atoms with Gasteiger partial charge in [-0.2, -0.15) is 0 Å². The molecular formula is C22H24F2N4. The lowest BCUT2D eigenvalue weighted by molar-refractivity contribution is 0.316. The van der Waals surface area contributed by atoms with Gasteiger partial charge in [-0.25, -0.2) is 18.7 Å². The van der Waals surface area contributed by atoms with Gasteiger partial charge < -0.3 is 10.2 Å². The van der Waals surface area contributed by atoms with Crippen LogP contribution >= 0.6 is 0 Å². The summed E-state index contributed by atoms with van der Waals surface area (Å²) in [5, 5.41) is 4.36. The summed E-state index contributed by atoms with van der Waals surface area (Å²) in [5.41, 5.74) is 1.37. The molecule has 0 amide bonds. The minimum atomic E-state index is -0.875. The van der Waals surface area contributed by atoms with Gasteiger partial charge in [0.25, 0.3) is 0 Å². The summed E-state index contributed by atoms with van der Waals surface area (Å²) in [5.74, 6) is -0.462. The van der Waals surface area contributed by atoms with Gasteiger partial charge in [-0.1, -0.05) is 38.1 Å². The average molecular weight is 382 g/mol. The van der Waals surface area contributed by atoms with Gasteiger partial charge in [0, 0.05) is 18.5 Å². The molecule has 0 aliphatic heterocycles. The topological polar surface area (TPSA) is 41.0 Å². The van der Waals surface area contributed by atoms with E-state index in [1.54, 1.807) is 12.2 Å². The minimum absolute atomic E-state index is 0.508. The molecule has 1 aromatic heterocycles. The molecule has 2 aromatic carbocycles. The lowest BCUT2D eigenvalue weighted by Crippen LogP contribution is -2.28. The molecule has 0 aliphatic rings. The first-order chi connectivity index (χ1) is 13.6. The fourth-order valence-electron chi connectivity index (χ4n) is 2.96. The van der Waals surface area contributed by atoms with E-state index >= 15 is 0 Å². The van der Waals surface area contributed by atoms with Crippen LogP contribution in [0.5, 0.6) is 0 Å². The Balaban J connectivity index is 1.84. The number of aromatic nitrogens is 2. The van der Waals surface area contributed by atoms with E-state index in [-0.39, 0.29) is 0 Å². The summed E-state index contributed by atoms with van der Waals surface area (Å²) < 4.78 is 26.5. The second-order valence-corrected chi connectivity index (χ2v) is 6.41. The zero-order chi connectivity index (χ0) is 19.9. The predicted molar refractivity (Wildman–Crippen MR) is 111 cm³/mol. The van der Waals surface area contributed by atoms with E-state index in [4.69, 9.17) is 0 Å². The number of halogens is 2. The summed E-state index contributed by atoms with van der Waals surface area (Å²) in [4.78, 5) is 11.5. The van der Waals surface area contributed by atoms with Crippen molar-refractivity contribution in [1.29, 1.82) is 0 Å². The number of fused-ring (bicyclic) bond motifs is 1. The molecule has 0 aliphatic carbocycles. The molecule has 3 aromatic rings. The summed E-state index contributed by atoms with van der Waals surface area (Å²) >= 11 is 0. The second kappa shape index (κ2) is 9.37. The van der Waals surface area contributed by atoms with E-state index in [0.717, 1.165) is 55.0 Å². The summed E-state index contributed by atoms with van der Waals surface area (Å²) in [6.45, 7) is 7.99. The molecule has 0 radical (unpaired) electrons. The number of anilines is 1. The van der Waals surface area contributed by atoms with Crippen molar-refractivity contribution in [3.63, 3.8) is 0 Å². The normalized spacial score (nSPS) is 11.6. The minimum Gasteiger partial charge on any atom is -0.368 e. The van der Waals surface area contributed by atoms with Crippen molar-refractivity contribution in [3.8, 4) is 0 Å². The Morgan fingerprint density at radius 3 is 2.50 bits per heavy atom. The highest BCUT2D eigenvalue weighted by Gasteiger charge is 2.07. The zero-order valence-corrected chi connectivity index (χ0v) is 16.1.